The molecular weight excluding hydrogens is 540 g/mol. The quantitative estimate of drug-likeness (QED) is 0.318. The number of likely N-dealkylation sites (tertiary alicyclic amines) is 2. The second-order valence-corrected chi connectivity index (χ2v) is 12.1. The number of carbonyl (C=O) groups is 3. The van der Waals surface area contributed by atoms with Gasteiger partial charge in [0.2, 0.25) is 18.6 Å². The van der Waals surface area contributed by atoms with Crippen LogP contribution in [0.4, 0.5) is 0 Å². The third-order valence-corrected chi connectivity index (χ3v) is 8.83. The molecule has 0 radical (unpaired) electrons. The van der Waals surface area contributed by atoms with Crippen LogP contribution in [0.15, 0.2) is 12.1 Å². The van der Waals surface area contributed by atoms with Crippen molar-refractivity contribution in [3.8, 4) is 11.5 Å². The first-order valence-electron chi connectivity index (χ1n) is 15.4. The Morgan fingerprint density at radius 3 is 2.57 bits per heavy atom. The number of piperidine rings is 1. The van der Waals surface area contributed by atoms with Crippen molar-refractivity contribution in [2.24, 2.45) is 5.92 Å². The maximum atomic E-state index is 13.7. The van der Waals surface area contributed by atoms with Crippen molar-refractivity contribution in [3.63, 3.8) is 0 Å². The highest BCUT2D eigenvalue weighted by molar-refractivity contribution is 5.79. The summed E-state index contributed by atoms with van der Waals surface area (Å²) in [6.45, 7) is 5.78. The van der Waals surface area contributed by atoms with Gasteiger partial charge in [-0.15, -0.1) is 0 Å². The Labute approximate surface area is 249 Å². The Bertz CT molecular complexity index is 1100. The smallest absolute Gasteiger partial charge is 0.308 e. The maximum Gasteiger partial charge on any atom is 0.308 e. The molecule has 2 fully saturated rings. The molecule has 3 heterocycles. The van der Waals surface area contributed by atoms with Gasteiger partial charge in [-0.05, 0) is 70.4 Å². The van der Waals surface area contributed by atoms with Crippen molar-refractivity contribution in [2.45, 2.75) is 70.4 Å². The highest BCUT2D eigenvalue weighted by Crippen LogP contribution is 2.44. The lowest BCUT2D eigenvalue weighted by Crippen LogP contribution is -2.46. The van der Waals surface area contributed by atoms with Crippen LogP contribution in [0.2, 0.25) is 0 Å². The summed E-state index contributed by atoms with van der Waals surface area (Å²) in [6.07, 6.45) is 5.59. The molecule has 11 heteroatoms. The summed E-state index contributed by atoms with van der Waals surface area (Å²) < 4.78 is 11.1. The van der Waals surface area contributed by atoms with E-state index in [0.29, 0.717) is 62.6 Å². The van der Waals surface area contributed by atoms with E-state index in [-0.39, 0.29) is 31.8 Å². The maximum absolute atomic E-state index is 13.7. The van der Waals surface area contributed by atoms with Crippen molar-refractivity contribution in [3.05, 3.63) is 23.3 Å². The van der Waals surface area contributed by atoms with Crippen LogP contribution in [-0.2, 0) is 21.0 Å². The molecule has 0 saturated carbocycles. The average molecular weight is 589 g/mol. The number of carboxylic acid groups (broad SMARTS) is 1. The molecule has 0 unspecified atom stereocenters. The molecule has 234 valence electrons. The molecule has 0 aromatic heterocycles. The van der Waals surface area contributed by atoms with E-state index in [1.165, 1.54) is 0 Å². The monoisotopic (exact) mass is 588 g/mol. The lowest BCUT2D eigenvalue weighted by atomic mass is 9.83. The number of nitrogens with zero attached hydrogens (tertiary/aromatic N) is 4. The van der Waals surface area contributed by atoms with Gasteiger partial charge in [0, 0.05) is 56.7 Å². The number of aliphatic hydroxyl groups excluding tert-OH is 1. The summed E-state index contributed by atoms with van der Waals surface area (Å²) in [5.41, 5.74) is 1.30. The van der Waals surface area contributed by atoms with Gasteiger partial charge in [0.15, 0.2) is 11.5 Å². The zero-order chi connectivity index (χ0) is 30.2. The Morgan fingerprint density at radius 2 is 1.88 bits per heavy atom. The summed E-state index contributed by atoms with van der Waals surface area (Å²) in [7, 11) is 4.04. The molecule has 2 amide bonds. The van der Waals surface area contributed by atoms with E-state index in [1.54, 1.807) is 6.07 Å². The largest absolute Gasteiger partial charge is 0.481 e. The molecule has 0 aliphatic carbocycles. The van der Waals surface area contributed by atoms with Gasteiger partial charge < -0.3 is 34.4 Å². The predicted octanol–water partition coefficient (Wildman–Crippen LogP) is 2.36. The van der Waals surface area contributed by atoms with E-state index in [0.717, 1.165) is 44.2 Å². The number of carbonyl (C=O) groups excluding carboxylic acids is 2. The predicted molar refractivity (Wildman–Crippen MR) is 157 cm³/mol. The van der Waals surface area contributed by atoms with Crippen LogP contribution in [0.3, 0.4) is 0 Å². The van der Waals surface area contributed by atoms with Crippen molar-refractivity contribution in [1.82, 2.24) is 19.6 Å². The number of carboxylic acids is 1. The van der Waals surface area contributed by atoms with Crippen LogP contribution in [0.1, 0.15) is 68.9 Å². The molecule has 3 aliphatic rings. The standard InChI is InChI=1S/C31H48N4O7/c1-4-5-12-33(14-8-11-32(2)3)28(38)19-35-18-24(22-16-23(20-36)30-26(17-22)41-21-42-30)29(31(39)40)25(35)10-15-34-13-7-6-9-27(34)37/h16-17,24-25,29,36H,4-15,18-21H2,1-3H3,(H,39,40)/t24-,25+,29-/m1/s1. The number of ether oxygens (including phenoxy) is 2. The van der Waals surface area contributed by atoms with Gasteiger partial charge in [0.1, 0.15) is 0 Å². The second-order valence-electron chi connectivity index (χ2n) is 12.1. The fourth-order valence-corrected chi connectivity index (χ4v) is 6.58. The summed E-state index contributed by atoms with van der Waals surface area (Å²) >= 11 is 0. The Balaban J connectivity index is 1.60. The van der Waals surface area contributed by atoms with E-state index < -0.39 is 23.8 Å². The number of fused-ring (bicyclic) bond motifs is 1. The van der Waals surface area contributed by atoms with Crippen LogP contribution in [0.5, 0.6) is 11.5 Å². The third kappa shape index (κ3) is 7.73. The molecule has 3 atom stereocenters. The summed E-state index contributed by atoms with van der Waals surface area (Å²) in [5.74, 6) is -1.03. The van der Waals surface area contributed by atoms with Crippen LogP contribution in [-0.4, -0.2) is 120 Å². The SMILES string of the molecule is CCCCN(CCCN(C)C)C(=O)CN1C[C@H](c2cc(CO)c3c(c2)OCO3)[C@@H](C(=O)O)[C@@H]1CCN1CCCCC1=O. The minimum atomic E-state index is -0.929. The Morgan fingerprint density at radius 1 is 1.10 bits per heavy atom. The fourth-order valence-electron chi connectivity index (χ4n) is 6.58. The number of rotatable bonds is 15. The van der Waals surface area contributed by atoms with Crippen LogP contribution in [0.25, 0.3) is 0 Å². The van der Waals surface area contributed by atoms with Crippen LogP contribution >= 0.6 is 0 Å². The van der Waals surface area contributed by atoms with E-state index in [2.05, 4.69) is 11.8 Å². The Kier molecular flexibility index (Phi) is 11.5. The molecule has 0 spiro atoms. The fraction of sp³-hybridized carbons (Fsp3) is 0.710. The molecule has 11 nitrogen and oxygen atoms in total. The molecule has 1 aromatic rings. The van der Waals surface area contributed by atoms with Gasteiger partial charge in [-0.2, -0.15) is 0 Å². The highest BCUT2D eigenvalue weighted by Gasteiger charge is 2.47. The minimum absolute atomic E-state index is 0.00720. The normalized spacial score (nSPS) is 22.3. The molecule has 3 aliphatic heterocycles. The lowest BCUT2D eigenvalue weighted by molar-refractivity contribution is -0.144. The highest BCUT2D eigenvalue weighted by atomic mass is 16.7. The van der Waals surface area contributed by atoms with E-state index in [4.69, 9.17) is 9.47 Å². The minimum Gasteiger partial charge on any atom is -0.481 e. The molecular formula is C31H48N4O7. The van der Waals surface area contributed by atoms with Crippen molar-refractivity contribution < 1.29 is 34.1 Å². The second kappa shape index (κ2) is 15.0. The first-order valence-corrected chi connectivity index (χ1v) is 15.4. The number of hydrogen-bond donors (Lipinski definition) is 2. The van der Waals surface area contributed by atoms with Crippen LogP contribution < -0.4 is 9.47 Å². The Hall–Kier alpha value is -2.89. The summed E-state index contributed by atoms with van der Waals surface area (Å²) in [5, 5.41) is 20.6. The van der Waals surface area contributed by atoms with Gasteiger partial charge in [0.25, 0.3) is 0 Å². The van der Waals surface area contributed by atoms with Crippen molar-refractivity contribution in [1.29, 1.82) is 0 Å². The first-order chi connectivity index (χ1) is 20.2. The van der Waals surface area contributed by atoms with Gasteiger partial charge in [-0.3, -0.25) is 19.3 Å². The molecule has 0 bridgehead atoms. The van der Waals surface area contributed by atoms with E-state index in [1.807, 2.05) is 34.9 Å². The van der Waals surface area contributed by atoms with Gasteiger partial charge in [-0.25, -0.2) is 0 Å². The van der Waals surface area contributed by atoms with Gasteiger partial charge in [-0.1, -0.05) is 13.3 Å². The number of aliphatic hydroxyl groups is 1. The van der Waals surface area contributed by atoms with Gasteiger partial charge in [0.05, 0.1) is 19.1 Å². The van der Waals surface area contributed by atoms with Gasteiger partial charge >= 0.3 is 5.97 Å². The van der Waals surface area contributed by atoms with Crippen molar-refractivity contribution >= 4 is 17.8 Å². The number of unbranched alkanes of at least 4 members (excludes halogenated alkanes) is 1. The zero-order valence-corrected chi connectivity index (χ0v) is 25.4. The number of aliphatic carboxylic acids is 1. The number of amides is 2. The molecule has 42 heavy (non-hydrogen) atoms. The molecule has 4 rings (SSSR count). The third-order valence-electron chi connectivity index (χ3n) is 8.83. The summed E-state index contributed by atoms with van der Waals surface area (Å²) in [4.78, 5) is 47.1. The number of hydrogen-bond acceptors (Lipinski definition) is 8. The zero-order valence-electron chi connectivity index (χ0n) is 25.4. The molecule has 2 saturated heterocycles. The van der Waals surface area contributed by atoms with E-state index in [9.17, 15) is 24.6 Å². The molecule has 1 aromatic carbocycles. The van der Waals surface area contributed by atoms with Crippen LogP contribution in [0, 0.1) is 5.92 Å². The number of benzene rings is 1. The molecule has 2 N–H and O–H groups in total. The first kappa shape index (κ1) is 32.0. The lowest BCUT2D eigenvalue weighted by Gasteiger charge is -2.32. The van der Waals surface area contributed by atoms with E-state index >= 15 is 0 Å². The van der Waals surface area contributed by atoms with Crippen molar-refractivity contribution in [2.75, 3.05) is 66.7 Å². The topological polar surface area (TPSA) is 123 Å². The summed E-state index contributed by atoms with van der Waals surface area (Å²) in [6, 6.07) is 3.19. The average Bonchev–Trinajstić information content (AvgIpc) is 3.58.